The Balaban J connectivity index is 0.000000134. The molecule has 0 aliphatic carbocycles. The standard InChI is InChI=1S/C21H26N6O2.C20H20F3N5O3.C18H18N6O4.C18H20N6O3/c1-21(2,3)13-23-19(28)15-7-8-16-18(24-15)27(14-9-11-26(16)12-14)20(29)25-17-6-4-5-10-22-17;21-20(22,23)12(11-29)9-16(30)14-4-5-15-18(25-14)28(13-6-8-27(15)10-13)19(31)26-17-3-1-2-7-24-17;25-15(26)9-20-17(27)12-4-5-13-16(21-12)24(11-6-8-23(13)10-11)18(28)22-14-3-1-2-7-19-14;25-10-8-20-17(26)13-4-5-14-16(21-13)24(12-6-9-23(14)11-12)18(27)22-15-3-1-2-7-19-15/h4-8,10,14H,9,11-13H2,1-3H3,(H,23,28)(H,22,25,29);1-5,7,12-13,29H,6,8-11H2,(H,24,26,31);1-5,7,11H,6,8-10H2,(H,20,27)(H,25,26)(H,19,22,28);1-5,7,12,25H,6,8-11H2,(H,20,26)(H,19,22,27)/t14-;12-,13+;11-;12-/m0100/s1. The van der Waals surface area contributed by atoms with Gasteiger partial charge in [-0.1, -0.05) is 45.0 Å². The summed E-state index contributed by atoms with van der Waals surface area (Å²) in [6.07, 6.45) is 3.91. The largest absolute Gasteiger partial charge is 0.480 e. The van der Waals surface area contributed by atoms with Crippen LogP contribution in [0.15, 0.2) is 146 Å². The molecule has 16 heterocycles. The summed E-state index contributed by atoms with van der Waals surface area (Å²) in [5.74, 6) is -2.09. The predicted octanol–water partition coefficient (Wildman–Crippen LogP) is 7.49. The van der Waals surface area contributed by atoms with Crippen molar-refractivity contribution in [3.8, 4) is 0 Å². The van der Waals surface area contributed by atoms with E-state index in [1.54, 1.807) is 124 Å². The number of carboxylic acids is 1. The third kappa shape index (κ3) is 18.6. The van der Waals surface area contributed by atoms with Crippen molar-refractivity contribution in [3.05, 3.63) is 169 Å². The van der Waals surface area contributed by atoms with E-state index >= 15 is 0 Å². The van der Waals surface area contributed by atoms with Crippen LogP contribution in [0.1, 0.15) is 94.8 Å². The van der Waals surface area contributed by atoms with Gasteiger partial charge in [0, 0.05) is 96.7 Å². The fourth-order valence-electron chi connectivity index (χ4n) is 14.4. The fourth-order valence-corrected chi connectivity index (χ4v) is 14.4. The molecule has 0 unspecified atom stereocenters. The van der Waals surface area contributed by atoms with Gasteiger partial charge in [-0.2, -0.15) is 13.2 Å². The molecule has 0 saturated carbocycles. The average molecular weight is 1580 g/mol. The van der Waals surface area contributed by atoms with Crippen molar-refractivity contribution in [2.45, 2.75) is 83.2 Å². The number of pyridine rings is 8. The summed E-state index contributed by atoms with van der Waals surface area (Å²) in [7, 11) is 0. The van der Waals surface area contributed by atoms with Crippen LogP contribution in [0.5, 0.6) is 0 Å². The zero-order chi connectivity index (χ0) is 81.2. The highest BCUT2D eigenvalue weighted by molar-refractivity contribution is 6.09. The number of halogens is 3. The molecule has 5 atom stereocenters. The number of aliphatic carboxylic acids is 1. The lowest BCUT2D eigenvalue weighted by atomic mass is 9.97. The highest BCUT2D eigenvalue weighted by atomic mass is 19.4. The van der Waals surface area contributed by atoms with Crippen LogP contribution in [0.3, 0.4) is 0 Å². The lowest BCUT2D eigenvalue weighted by Gasteiger charge is -2.35. The van der Waals surface area contributed by atoms with E-state index in [0.29, 0.717) is 84.7 Å². The summed E-state index contributed by atoms with van der Waals surface area (Å²) in [5, 5.41) is 45.5. The van der Waals surface area contributed by atoms with Gasteiger partial charge in [-0.05, 0) is 128 Å². The molecule has 10 N–H and O–H groups in total. The first-order valence-electron chi connectivity index (χ1n) is 37.3. The molecule has 0 radical (unpaired) electrons. The summed E-state index contributed by atoms with van der Waals surface area (Å²) in [5.41, 5.74) is 3.48. The Bertz CT molecular complexity index is 4930. The van der Waals surface area contributed by atoms with Gasteiger partial charge in [-0.25, -0.2) is 59.0 Å². The number of hydrogen-bond acceptors (Lipinski definition) is 23. The number of rotatable bonds is 16. The van der Waals surface area contributed by atoms with Crippen LogP contribution >= 0.6 is 0 Å². The quantitative estimate of drug-likeness (QED) is 0.0419. The topological polar surface area (TPSA) is 428 Å². The first-order valence-corrected chi connectivity index (χ1v) is 37.3. The molecule has 16 rings (SSSR count). The number of Topliss-reactive ketones (excluding diaryl/α,β-unsaturated/α-hetero) is 1. The number of aromatic nitrogens is 8. The highest BCUT2D eigenvalue weighted by Crippen LogP contribution is 2.44. The Hall–Kier alpha value is -13.3. The molecule has 38 heteroatoms. The smallest absolute Gasteiger partial charge is 0.394 e. The van der Waals surface area contributed by atoms with Crippen LogP contribution in [0.2, 0.25) is 0 Å². The summed E-state index contributed by atoms with van der Waals surface area (Å²) >= 11 is 0. The van der Waals surface area contributed by atoms with Crippen LogP contribution in [-0.4, -0.2) is 224 Å². The minimum atomic E-state index is -4.70. The number of amides is 11. The van der Waals surface area contributed by atoms with Gasteiger partial charge in [0.2, 0.25) is 0 Å². The van der Waals surface area contributed by atoms with E-state index < -0.39 is 55.4 Å². The lowest BCUT2D eigenvalue weighted by Crippen LogP contribution is -2.48. The fraction of sp³-hybridized carbons (Fsp3) is 0.364. The van der Waals surface area contributed by atoms with Crippen LogP contribution < -0.4 is 76.4 Å². The number of urea groups is 4. The second-order valence-electron chi connectivity index (χ2n) is 29.1. The predicted molar refractivity (Wildman–Crippen MR) is 419 cm³/mol. The van der Waals surface area contributed by atoms with Crippen LogP contribution in [0, 0.1) is 11.3 Å². The van der Waals surface area contributed by atoms with Gasteiger partial charge in [-0.3, -0.25) is 64.8 Å². The molecule has 600 valence electrons. The molecular formula is C77H84F3N23O12. The molecule has 4 fully saturated rings. The van der Waals surface area contributed by atoms with Crippen molar-refractivity contribution in [3.63, 3.8) is 0 Å². The monoisotopic (exact) mass is 1580 g/mol. The summed E-state index contributed by atoms with van der Waals surface area (Å²) in [4.78, 5) is 161. The molecule has 11 amide bonds. The molecule has 8 aliphatic rings. The number of anilines is 12. The van der Waals surface area contributed by atoms with Crippen LogP contribution in [0.4, 0.5) is 102 Å². The molecule has 115 heavy (non-hydrogen) atoms. The van der Waals surface area contributed by atoms with Gasteiger partial charge < -0.3 is 50.9 Å². The van der Waals surface area contributed by atoms with Gasteiger partial charge in [0.25, 0.3) is 17.7 Å². The van der Waals surface area contributed by atoms with Crippen molar-refractivity contribution < 1.29 is 71.6 Å². The van der Waals surface area contributed by atoms with Gasteiger partial charge in [0.15, 0.2) is 29.1 Å². The number of nitrogens with one attached hydrogen (secondary N) is 7. The normalized spacial score (nSPS) is 17.7. The maximum absolute atomic E-state index is 13.1. The number of fused-ring (bicyclic) bond motifs is 16. The maximum atomic E-state index is 13.1. The van der Waals surface area contributed by atoms with E-state index in [9.17, 15) is 56.3 Å². The second kappa shape index (κ2) is 34.8. The van der Waals surface area contributed by atoms with E-state index in [1.807, 2.05) is 23.1 Å². The van der Waals surface area contributed by atoms with E-state index in [2.05, 4.69) is 113 Å². The van der Waals surface area contributed by atoms with Crippen LogP contribution in [0.25, 0.3) is 0 Å². The number of carboxylic acid groups (broad SMARTS) is 1. The number of nitrogens with zero attached hydrogens (tertiary/aromatic N) is 16. The number of alkyl halides is 3. The van der Waals surface area contributed by atoms with Crippen molar-refractivity contribution in [2.24, 2.45) is 11.3 Å². The Kier molecular flexibility index (Phi) is 24.1. The minimum Gasteiger partial charge on any atom is -0.480 e. The third-order valence-electron chi connectivity index (χ3n) is 20.0. The zero-order valence-electron chi connectivity index (χ0n) is 62.8. The summed E-state index contributed by atoms with van der Waals surface area (Å²) in [6, 6.07) is 32.5. The first-order chi connectivity index (χ1) is 55.3. The zero-order valence-corrected chi connectivity index (χ0v) is 62.8. The van der Waals surface area contributed by atoms with Crippen molar-refractivity contribution in [2.75, 3.05) is 146 Å². The minimum absolute atomic E-state index is 0.00975. The van der Waals surface area contributed by atoms with Crippen molar-refractivity contribution in [1.29, 1.82) is 0 Å². The SMILES string of the molecule is CC(C)(C)CNC(=O)c1ccc2c(n1)N(C(=O)Nc1ccccn1)[C@H]1CCN2C1.O=C(C[C@H](CO)C(F)(F)F)c1ccc2c(n1)N(C(=O)Nc1ccccn1)[C@H]1CCN2C1.O=C(NCCO)c1ccc2c(n1)N(C(=O)Nc1ccccn1)[C@H]1CCN2C1.O=C(O)CNC(=O)c1ccc2c(n1)N(C(=O)Nc1ccccn1)[C@H]1CCN2C1. The van der Waals surface area contributed by atoms with E-state index in [0.717, 1.165) is 69.0 Å². The number of aliphatic hydroxyl groups excluding tert-OH is 2. The Morgan fingerprint density at radius 2 is 0.748 bits per heavy atom. The van der Waals surface area contributed by atoms with Crippen LogP contribution in [-0.2, 0) is 4.79 Å². The van der Waals surface area contributed by atoms with Gasteiger partial charge >= 0.3 is 36.3 Å². The molecule has 8 aromatic heterocycles. The molecule has 8 aliphatic heterocycles. The van der Waals surface area contributed by atoms with E-state index in [1.165, 1.54) is 23.2 Å². The van der Waals surface area contributed by atoms with Crippen molar-refractivity contribution in [1.82, 2.24) is 55.8 Å². The van der Waals surface area contributed by atoms with E-state index in [4.69, 9.17) is 15.3 Å². The van der Waals surface area contributed by atoms with Gasteiger partial charge in [-0.15, -0.1) is 0 Å². The second-order valence-corrected chi connectivity index (χ2v) is 29.1. The molecule has 0 aromatic carbocycles. The number of aliphatic hydroxyl groups is 2. The first kappa shape index (κ1) is 79.8. The molecule has 0 spiro atoms. The third-order valence-corrected chi connectivity index (χ3v) is 20.0. The van der Waals surface area contributed by atoms with E-state index in [-0.39, 0.29) is 95.5 Å². The number of carbonyl (C=O) groups excluding carboxylic acids is 8. The number of carbonyl (C=O) groups is 9. The molecule has 35 nitrogen and oxygen atoms in total. The molecular weight excluding hydrogens is 1500 g/mol. The molecule has 4 saturated heterocycles. The summed E-state index contributed by atoms with van der Waals surface area (Å²) < 4.78 is 38.8. The summed E-state index contributed by atoms with van der Waals surface area (Å²) in [6.45, 7) is 11.0. The number of hydrogen-bond donors (Lipinski definition) is 10. The lowest BCUT2D eigenvalue weighted by molar-refractivity contribution is -0.182. The molecule has 8 aromatic rings. The molecule has 8 bridgehead atoms. The Morgan fingerprint density at radius 1 is 0.435 bits per heavy atom. The Labute approximate surface area is 656 Å². The Morgan fingerprint density at radius 3 is 1.03 bits per heavy atom. The van der Waals surface area contributed by atoms with Crippen molar-refractivity contribution >= 4 is 123 Å². The van der Waals surface area contributed by atoms with Gasteiger partial charge in [0.05, 0.1) is 66.0 Å². The van der Waals surface area contributed by atoms with Gasteiger partial charge in [0.1, 0.15) is 52.6 Å². The number of ketones is 1. The average Bonchev–Trinajstić information content (AvgIpc) is 1.68. The maximum Gasteiger partial charge on any atom is 0.394 e. The highest BCUT2D eigenvalue weighted by Gasteiger charge is 2.46.